The van der Waals surface area contributed by atoms with E-state index in [9.17, 15) is 9.90 Å². The van der Waals surface area contributed by atoms with Crippen LogP contribution in [0.15, 0.2) is 24.3 Å². The van der Waals surface area contributed by atoms with E-state index in [1.54, 1.807) is 16.8 Å². The van der Waals surface area contributed by atoms with Crippen molar-refractivity contribution in [3.05, 3.63) is 40.5 Å². The Labute approximate surface area is 174 Å². The molecule has 1 amide bonds. The molecule has 7 nitrogen and oxygen atoms in total. The first-order valence-corrected chi connectivity index (χ1v) is 10.5. The standard InChI is InChI=1S/C21H26ClN3O4/c1-3-21(27,4-2)18-7-8-25-19(29-18)11-16(24-25)20(26)23-15-10-13-9-14(22)5-6-17(13)28-12-15/h5-6,9,11,15,18,27H,3-4,7-8,10,12H2,1-2H3,(H,23,26). The zero-order chi connectivity index (χ0) is 20.6. The van der Waals surface area contributed by atoms with Crippen molar-refractivity contribution in [2.75, 3.05) is 6.61 Å². The summed E-state index contributed by atoms with van der Waals surface area (Å²) >= 11 is 6.06. The van der Waals surface area contributed by atoms with Gasteiger partial charge in [0.1, 0.15) is 24.1 Å². The Hall–Kier alpha value is -2.25. The Balaban J connectivity index is 1.43. The van der Waals surface area contributed by atoms with E-state index in [1.165, 1.54) is 0 Å². The van der Waals surface area contributed by atoms with Crippen molar-refractivity contribution in [3.8, 4) is 11.6 Å². The second-order valence-corrected chi connectivity index (χ2v) is 8.17. The number of benzene rings is 1. The molecule has 1 aromatic heterocycles. The number of aryl methyl sites for hydroxylation is 1. The number of rotatable bonds is 5. The van der Waals surface area contributed by atoms with E-state index in [4.69, 9.17) is 21.1 Å². The van der Waals surface area contributed by atoms with Gasteiger partial charge in [-0.3, -0.25) is 4.79 Å². The van der Waals surface area contributed by atoms with Crippen molar-refractivity contribution in [2.24, 2.45) is 0 Å². The number of hydrogen-bond acceptors (Lipinski definition) is 5. The number of hydrogen-bond donors (Lipinski definition) is 2. The summed E-state index contributed by atoms with van der Waals surface area (Å²) < 4.78 is 13.4. The Kier molecular flexibility index (Phi) is 5.44. The summed E-state index contributed by atoms with van der Waals surface area (Å²) in [7, 11) is 0. The van der Waals surface area contributed by atoms with Crippen molar-refractivity contribution in [1.82, 2.24) is 15.1 Å². The van der Waals surface area contributed by atoms with Crippen LogP contribution < -0.4 is 14.8 Å². The van der Waals surface area contributed by atoms with Gasteiger partial charge < -0.3 is 19.9 Å². The maximum atomic E-state index is 12.7. The van der Waals surface area contributed by atoms with Crippen molar-refractivity contribution in [2.45, 2.75) is 63.8 Å². The quantitative estimate of drug-likeness (QED) is 0.778. The molecule has 156 valence electrons. The van der Waals surface area contributed by atoms with Gasteiger partial charge in [0.25, 0.3) is 5.91 Å². The molecule has 0 spiro atoms. The van der Waals surface area contributed by atoms with E-state index in [2.05, 4.69) is 10.4 Å². The van der Waals surface area contributed by atoms with Gasteiger partial charge in [-0.2, -0.15) is 5.10 Å². The molecule has 0 aliphatic carbocycles. The van der Waals surface area contributed by atoms with E-state index in [1.807, 2.05) is 26.0 Å². The van der Waals surface area contributed by atoms with Crippen LogP contribution in [-0.2, 0) is 13.0 Å². The van der Waals surface area contributed by atoms with Crippen LogP contribution in [0.25, 0.3) is 0 Å². The van der Waals surface area contributed by atoms with E-state index >= 15 is 0 Å². The molecule has 1 aromatic carbocycles. The number of amides is 1. The molecule has 0 radical (unpaired) electrons. The lowest BCUT2D eigenvalue weighted by molar-refractivity contribution is -0.0834. The molecule has 3 heterocycles. The summed E-state index contributed by atoms with van der Waals surface area (Å²) in [6.45, 7) is 4.91. The number of carbonyl (C=O) groups excluding carboxylic acids is 1. The molecule has 0 fully saturated rings. The first-order valence-electron chi connectivity index (χ1n) is 10.1. The second-order valence-electron chi connectivity index (χ2n) is 7.73. The molecule has 2 N–H and O–H groups in total. The third-order valence-electron chi connectivity index (χ3n) is 5.93. The molecule has 2 aliphatic heterocycles. The van der Waals surface area contributed by atoms with Gasteiger partial charge in [-0.1, -0.05) is 25.4 Å². The van der Waals surface area contributed by atoms with Crippen LogP contribution in [0.4, 0.5) is 0 Å². The maximum Gasteiger partial charge on any atom is 0.272 e. The van der Waals surface area contributed by atoms with Crippen LogP contribution >= 0.6 is 11.6 Å². The summed E-state index contributed by atoms with van der Waals surface area (Å²) in [6, 6.07) is 6.98. The first kappa shape index (κ1) is 20.0. The minimum absolute atomic E-state index is 0.161. The van der Waals surface area contributed by atoms with E-state index < -0.39 is 5.60 Å². The number of halogens is 1. The highest BCUT2D eigenvalue weighted by molar-refractivity contribution is 6.30. The molecular weight excluding hydrogens is 394 g/mol. The molecule has 2 atom stereocenters. The van der Waals surface area contributed by atoms with Crippen LogP contribution in [0.2, 0.25) is 5.02 Å². The van der Waals surface area contributed by atoms with Gasteiger partial charge in [0.15, 0.2) is 5.69 Å². The summed E-state index contributed by atoms with van der Waals surface area (Å²) in [4.78, 5) is 12.7. The Morgan fingerprint density at radius 3 is 2.93 bits per heavy atom. The Morgan fingerprint density at radius 2 is 2.17 bits per heavy atom. The molecule has 2 unspecified atom stereocenters. The zero-order valence-electron chi connectivity index (χ0n) is 16.7. The Bertz CT molecular complexity index is 909. The number of aliphatic hydroxyl groups is 1. The van der Waals surface area contributed by atoms with E-state index in [-0.39, 0.29) is 18.1 Å². The molecule has 2 aliphatic rings. The number of carbonyl (C=O) groups is 1. The molecule has 0 saturated carbocycles. The van der Waals surface area contributed by atoms with Crippen LogP contribution in [-0.4, -0.2) is 45.1 Å². The van der Waals surface area contributed by atoms with Crippen molar-refractivity contribution in [3.63, 3.8) is 0 Å². The highest BCUT2D eigenvalue weighted by Gasteiger charge is 2.38. The number of ether oxygens (including phenoxy) is 2. The smallest absolute Gasteiger partial charge is 0.272 e. The lowest BCUT2D eigenvalue weighted by atomic mass is 9.88. The minimum Gasteiger partial charge on any atom is -0.491 e. The average Bonchev–Trinajstić information content (AvgIpc) is 3.16. The molecule has 29 heavy (non-hydrogen) atoms. The SMILES string of the molecule is CCC(O)(CC)C1CCn2nc(C(=O)NC3COc4ccc(Cl)cc4C3)cc2O1. The number of aromatic nitrogens is 2. The molecular formula is C21H26ClN3O4. The largest absolute Gasteiger partial charge is 0.491 e. The fraction of sp³-hybridized carbons (Fsp3) is 0.524. The van der Waals surface area contributed by atoms with E-state index in [0.29, 0.717) is 55.4 Å². The highest BCUT2D eigenvalue weighted by Crippen LogP contribution is 2.32. The summed E-state index contributed by atoms with van der Waals surface area (Å²) in [5.74, 6) is 1.05. The molecule has 0 saturated heterocycles. The predicted octanol–water partition coefficient (Wildman–Crippen LogP) is 2.97. The summed E-state index contributed by atoms with van der Waals surface area (Å²) in [5, 5.41) is 18.8. The van der Waals surface area contributed by atoms with Crippen molar-refractivity contribution in [1.29, 1.82) is 0 Å². The van der Waals surface area contributed by atoms with Crippen LogP contribution in [0.1, 0.15) is 49.2 Å². The fourth-order valence-corrected chi connectivity index (χ4v) is 4.20. The third kappa shape index (κ3) is 3.94. The van der Waals surface area contributed by atoms with Gasteiger partial charge in [-0.25, -0.2) is 4.68 Å². The Morgan fingerprint density at radius 1 is 1.38 bits per heavy atom. The number of nitrogens with one attached hydrogen (secondary N) is 1. The van der Waals surface area contributed by atoms with Gasteiger partial charge in [-0.05, 0) is 43.0 Å². The number of nitrogens with zero attached hydrogens (tertiary/aromatic N) is 2. The second kappa shape index (κ2) is 7.88. The summed E-state index contributed by atoms with van der Waals surface area (Å²) in [5.41, 5.74) is 0.406. The monoisotopic (exact) mass is 419 g/mol. The van der Waals surface area contributed by atoms with Gasteiger partial charge in [0.05, 0.1) is 6.04 Å². The highest BCUT2D eigenvalue weighted by atomic mass is 35.5. The lowest BCUT2D eigenvalue weighted by Crippen LogP contribution is -2.47. The van der Waals surface area contributed by atoms with Gasteiger partial charge >= 0.3 is 0 Å². The van der Waals surface area contributed by atoms with Gasteiger partial charge in [0, 0.05) is 24.1 Å². The zero-order valence-corrected chi connectivity index (χ0v) is 17.4. The minimum atomic E-state index is -0.869. The molecule has 2 aromatic rings. The molecule has 4 rings (SSSR count). The lowest BCUT2D eigenvalue weighted by Gasteiger charge is -2.37. The van der Waals surface area contributed by atoms with Crippen LogP contribution in [0.5, 0.6) is 11.6 Å². The number of fused-ring (bicyclic) bond motifs is 2. The van der Waals surface area contributed by atoms with E-state index in [0.717, 1.165) is 11.3 Å². The third-order valence-corrected chi connectivity index (χ3v) is 6.16. The van der Waals surface area contributed by atoms with Gasteiger partial charge in [0.2, 0.25) is 5.88 Å². The normalized spacial score (nSPS) is 20.8. The topological polar surface area (TPSA) is 85.6 Å². The molecule has 8 heteroatoms. The maximum absolute atomic E-state index is 12.7. The summed E-state index contributed by atoms with van der Waals surface area (Å²) in [6.07, 6.45) is 2.23. The predicted molar refractivity (Wildman–Crippen MR) is 109 cm³/mol. The van der Waals surface area contributed by atoms with Crippen molar-refractivity contribution < 1.29 is 19.4 Å². The fourth-order valence-electron chi connectivity index (χ4n) is 4.01. The van der Waals surface area contributed by atoms with Crippen molar-refractivity contribution >= 4 is 17.5 Å². The average molecular weight is 420 g/mol. The van der Waals surface area contributed by atoms with Crippen LogP contribution in [0.3, 0.4) is 0 Å². The first-order chi connectivity index (χ1) is 13.9. The van der Waals surface area contributed by atoms with Gasteiger partial charge in [-0.15, -0.1) is 0 Å². The molecule has 0 bridgehead atoms. The van der Waals surface area contributed by atoms with Crippen LogP contribution in [0, 0.1) is 0 Å².